The summed E-state index contributed by atoms with van der Waals surface area (Å²) in [7, 11) is 1.55. The first-order valence-corrected chi connectivity index (χ1v) is 5.47. The van der Waals surface area contributed by atoms with Crippen molar-refractivity contribution in [1.29, 1.82) is 0 Å². The van der Waals surface area contributed by atoms with Crippen LogP contribution in [0, 0.1) is 13.8 Å². The summed E-state index contributed by atoms with van der Waals surface area (Å²) in [5, 5.41) is 0.582. The molecule has 0 saturated heterocycles. The average Bonchev–Trinajstić information content (AvgIpc) is 2.23. The third kappa shape index (κ3) is 2.36. The van der Waals surface area contributed by atoms with Gasteiger partial charge in [-0.3, -0.25) is 4.79 Å². The van der Waals surface area contributed by atoms with Gasteiger partial charge < -0.3 is 10.5 Å². The van der Waals surface area contributed by atoms with Gasteiger partial charge in [-0.2, -0.15) is 0 Å². The number of benzene rings is 1. The van der Waals surface area contributed by atoms with Crippen LogP contribution in [0.15, 0.2) is 6.07 Å². The maximum atomic E-state index is 11.9. The van der Waals surface area contributed by atoms with E-state index in [4.69, 9.17) is 22.1 Å². The quantitative estimate of drug-likeness (QED) is 0.824. The van der Waals surface area contributed by atoms with Crippen molar-refractivity contribution in [2.45, 2.75) is 20.3 Å². The lowest BCUT2D eigenvalue weighted by molar-refractivity contribution is 0.0981. The number of hydrogen-bond acceptors (Lipinski definition) is 3. The molecule has 0 amide bonds. The van der Waals surface area contributed by atoms with Crippen molar-refractivity contribution in [2.75, 3.05) is 13.7 Å². The first kappa shape index (κ1) is 13.0. The lowest BCUT2D eigenvalue weighted by Crippen LogP contribution is -2.11. The van der Waals surface area contributed by atoms with Gasteiger partial charge in [-0.05, 0) is 37.6 Å². The maximum absolute atomic E-state index is 11.9. The summed E-state index contributed by atoms with van der Waals surface area (Å²) in [5.74, 6) is 0.572. The topological polar surface area (TPSA) is 52.3 Å². The van der Waals surface area contributed by atoms with E-state index in [1.54, 1.807) is 13.2 Å². The minimum Gasteiger partial charge on any atom is -0.496 e. The molecule has 0 aromatic heterocycles. The van der Waals surface area contributed by atoms with Crippen molar-refractivity contribution in [3.8, 4) is 5.75 Å². The highest BCUT2D eigenvalue weighted by Gasteiger charge is 2.18. The molecule has 0 unspecified atom stereocenters. The van der Waals surface area contributed by atoms with Gasteiger partial charge >= 0.3 is 0 Å². The van der Waals surface area contributed by atoms with Crippen LogP contribution in [0.4, 0.5) is 0 Å². The number of Topliss-reactive ketones (excluding diaryl/α,β-unsaturated/α-hetero) is 1. The number of halogens is 1. The van der Waals surface area contributed by atoms with E-state index in [0.29, 0.717) is 29.3 Å². The van der Waals surface area contributed by atoms with Crippen molar-refractivity contribution >= 4 is 17.4 Å². The fraction of sp³-hybridized carbons (Fsp3) is 0.417. The van der Waals surface area contributed by atoms with Crippen molar-refractivity contribution in [3.63, 3.8) is 0 Å². The molecule has 4 heteroatoms. The summed E-state index contributed by atoms with van der Waals surface area (Å²) in [6, 6.07) is 1.80. The van der Waals surface area contributed by atoms with Gasteiger partial charge in [0.15, 0.2) is 5.78 Å². The van der Waals surface area contributed by atoms with E-state index in [2.05, 4.69) is 0 Å². The fourth-order valence-corrected chi connectivity index (χ4v) is 1.96. The Hall–Kier alpha value is -1.06. The van der Waals surface area contributed by atoms with Crippen LogP contribution in [-0.2, 0) is 0 Å². The molecule has 0 fully saturated rings. The molecule has 0 atom stereocenters. The molecule has 0 aliphatic rings. The summed E-state index contributed by atoms with van der Waals surface area (Å²) in [6.07, 6.45) is 0.303. The highest BCUT2D eigenvalue weighted by Crippen LogP contribution is 2.32. The van der Waals surface area contributed by atoms with Crippen molar-refractivity contribution in [2.24, 2.45) is 5.73 Å². The second-order valence-electron chi connectivity index (χ2n) is 3.67. The zero-order chi connectivity index (χ0) is 12.3. The number of methoxy groups -OCH3 is 1. The Labute approximate surface area is 101 Å². The van der Waals surface area contributed by atoms with Gasteiger partial charge in [-0.15, -0.1) is 0 Å². The molecule has 16 heavy (non-hydrogen) atoms. The molecule has 0 spiro atoms. The van der Waals surface area contributed by atoms with Crippen LogP contribution in [0.5, 0.6) is 5.75 Å². The van der Waals surface area contributed by atoms with E-state index in [1.165, 1.54) is 0 Å². The highest BCUT2D eigenvalue weighted by atomic mass is 35.5. The summed E-state index contributed by atoms with van der Waals surface area (Å²) in [4.78, 5) is 11.9. The predicted octanol–water partition coefficient (Wildman–Crippen LogP) is 2.50. The molecule has 0 bridgehead atoms. The molecular weight excluding hydrogens is 226 g/mol. The first-order chi connectivity index (χ1) is 7.52. The van der Waals surface area contributed by atoms with Crippen LogP contribution in [0.3, 0.4) is 0 Å². The molecule has 0 aliphatic heterocycles. The zero-order valence-corrected chi connectivity index (χ0v) is 10.5. The standard InChI is InChI=1S/C12H16ClNO2/c1-7-6-9(13)8(2)11(12(7)16-3)10(15)4-5-14/h6H,4-5,14H2,1-3H3. The summed E-state index contributed by atoms with van der Waals surface area (Å²) in [5.41, 5.74) is 7.56. The third-order valence-electron chi connectivity index (χ3n) is 2.52. The largest absolute Gasteiger partial charge is 0.496 e. The van der Waals surface area contributed by atoms with E-state index in [0.717, 1.165) is 11.1 Å². The van der Waals surface area contributed by atoms with Gasteiger partial charge in [0.2, 0.25) is 0 Å². The van der Waals surface area contributed by atoms with Crippen LogP contribution in [0.2, 0.25) is 5.02 Å². The lowest BCUT2D eigenvalue weighted by atomic mass is 9.98. The van der Waals surface area contributed by atoms with Gasteiger partial charge in [0.1, 0.15) is 5.75 Å². The summed E-state index contributed by atoms with van der Waals surface area (Å²) >= 11 is 6.05. The molecule has 0 radical (unpaired) electrons. The fourth-order valence-electron chi connectivity index (χ4n) is 1.71. The average molecular weight is 242 g/mol. The second-order valence-corrected chi connectivity index (χ2v) is 4.08. The minimum atomic E-state index is -0.0255. The molecule has 0 saturated carbocycles. The van der Waals surface area contributed by atoms with E-state index in [1.807, 2.05) is 13.8 Å². The lowest BCUT2D eigenvalue weighted by Gasteiger charge is -2.14. The zero-order valence-electron chi connectivity index (χ0n) is 9.76. The number of ketones is 1. The monoisotopic (exact) mass is 241 g/mol. The summed E-state index contributed by atoms with van der Waals surface area (Å²) < 4.78 is 5.26. The Morgan fingerprint density at radius 1 is 1.50 bits per heavy atom. The third-order valence-corrected chi connectivity index (χ3v) is 2.91. The molecule has 1 aromatic carbocycles. The number of ether oxygens (including phenoxy) is 1. The van der Waals surface area contributed by atoms with E-state index in [-0.39, 0.29) is 5.78 Å². The number of carbonyl (C=O) groups excluding carboxylic acids is 1. The number of aryl methyl sites for hydroxylation is 1. The van der Waals surface area contributed by atoms with Crippen LogP contribution >= 0.6 is 11.6 Å². The van der Waals surface area contributed by atoms with Gasteiger partial charge in [0, 0.05) is 11.4 Å². The van der Waals surface area contributed by atoms with Crippen LogP contribution in [-0.4, -0.2) is 19.4 Å². The minimum absolute atomic E-state index is 0.0255. The van der Waals surface area contributed by atoms with Gasteiger partial charge in [-0.1, -0.05) is 11.6 Å². The predicted molar refractivity (Wildman–Crippen MR) is 65.5 cm³/mol. The molecule has 88 valence electrons. The maximum Gasteiger partial charge on any atom is 0.168 e. The van der Waals surface area contributed by atoms with Crippen LogP contribution < -0.4 is 10.5 Å². The van der Waals surface area contributed by atoms with E-state index >= 15 is 0 Å². The van der Waals surface area contributed by atoms with E-state index < -0.39 is 0 Å². The Kier molecular flexibility index (Phi) is 4.33. The van der Waals surface area contributed by atoms with Crippen LogP contribution in [0.25, 0.3) is 0 Å². The summed E-state index contributed by atoms with van der Waals surface area (Å²) in [6.45, 7) is 4.00. The SMILES string of the molecule is COc1c(C)cc(Cl)c(C)c1C(=O)CCN. The van der Waals surface area contributed by atoms with E-state index in [9.17, 15) is 4.79 Å². The highest BCUT2D eigenvalue weighted by molar-refractivity contribution is 6.32. The van der Waals surface area contributed by atoms with Gasteiger partial charge in [0.25, 0.3) is 0 Å². The number of rotatable bonds is 4. The Morgan fingerprint density at radius 2 is 2.12 bits per heavy atom. The molecule has 3 nitrogen and oxygen atoms in total. The van der Waals surface area contributed by atoms with Gasteiger partial charge in [0.05, 0.1) is 12.7 Å². The van der Waals surface area contributed by atoms with Gasteiger partial charge in [-0.25, -0.2) is 0 Å². The van der Waals surface area contributed by atoms with Crippen molar-refractivity contribution < 1.29 is 9.53 Å². The normalized spacial score (nSPS) is 10.3. The molecular formula is C12H16ClNO2. The molecule has 0 aliphatic carbocycles. The smallest absolute Gasteiger partial charge is 0.168 e. The molecule has 0 heterocycles. The van der Waals surface area contributed by atoms with Crippen molar-refractivity contribution in [1.82, 2.24) is 0 Å². The Bertz CT molecular complexity index is 416. The Balaban J connectivity index is 3.38. The molecule has 1 aromatic rings. The second kappa shape index (κ2) is 5.32. The Morgan fingerprint density at radius 3 is 2.62 bits per heavy atom. The van der Waals surface area contributed by atoms with Crippen molar-refractivity contribution in [3.05, 3.63) is 27.8 Å². The molecule has 2 N–H and O–H groups in total. The molecule has 1 rings (SSSR count). The first-order valence-electron chi connectivity index (χ1n) is 5.09. The van der Waals surface area contributed by atoms with Crippen LogP contribution in [0.1, 0.15) is 27.9 Å². The number of hydrogen-bond donors (Lipinski definition) is 1. The number of nitrogens with two attached hydrogens (primary N) is 1. The number of carbonyl (C=O) groups is 1.